The number of aliphatic hydroxyl groups excluding tert-OH is 1. The summed E-state index contributed by atoms with van der Waals surface area (Å²) in [5.41, 5.74) is 0.888. The van der Waals surface area contributed by atoms with Crippen LogP contribution in [0.3, 0.4) is 0 Å². The van der Waals surface area contributed by atoms with Gasteiger partial charge in [-0.05, 0) is 30.7 Å². The van der Waals surface area contributed by atoms with Crippen LogP contribution in [0.15, 0.2) is 29.2 Å². The van der Waals surface area contributed by atoms with Crippen LogP contribution in [0.4, 0.5) is 0 Å². The first kappa shape index (κ1) is 15.5. The number of sulfone groups is 1. The summed E-state index contributed by atoms with van der Waals surface area (Å²) in [5.74, 6) is 0.326. The Kier molecular flexibility index (Phi) is 6.18. The van der Waals surface area contributed by atoms with E-state index in [-0.39, 0.29) is 11.5 Å². The molecule has 0 bridgehead atoms. The molecule has 0 radical (unpaired) electrons. The fourth-order valence-electron chi connectivity index (χ4n) is 1.74. The van der Waals surface area contributed by atoms with Crippen LogP contribution in [0.5, 0.6) is 0 Å². The highest BCUT2D eigenvalue weighted by Crippen LogP contribution is 2.28. The van der Waals surface area contributed by atoms with Gasteiger partial charge >= 0.3 is 0 Å². The van der Waals surface area contributed by atoms with Gasteiger partial charge in [0.2, 0.25) is 0 Å². The topological polar surface area (TPSA) is 54.4 Å². The van der Waals surface area contributed by atoms with Gasteiger partial charge in [-0.2, -0.15) is 0 Å². The average Bonchev–Trinajstić information content (AvgIpc) is 2.38. The van der Waals surface area contributed by atoms with E-state index in [2.05, 4.69) is 0 Å². The van der Waals surface area contributed by atoms with Crippen molar-refractivity contribution in [3.05, 3.63) is 29.8 Å². The molecule has 1 unspecified atom stereocenters. The number of benzene rings is 1. The molecule has 0 spiro atoms. The zero-order valence-electron chi connectivity index (χ0n) is 10.8. The van der Waals surface area contributed by atoms with Crippen molar-refractivity contribution in [1.82, 2.24) is 0 Å². The zero-order valence-corrected chi connectivity index (χ0v) is 12.4. The van der Waals surface area contributed by atoms with Gasteiger partial charge in [-0.3, -0.25) is 0 Å². The number of aliphatic hydroxyl groups is 1. The molecule has 1 N–H and O–H groups in total. The van der Waals surface area contributed by atoms with Crippen molar-refractivity contribution in [3.63, 3.8) is 0 Å². The number of hydrogen-bond donors (Lipinski definition) is 1. The SMILES string of the molecule is CCS(=O)(=O)CCCC(O)c1ccccc1SC. The van der Waals surface area contributed by atoms with E-state index in [1.165, 1.54) is 0 Å². The van der Waals surface area contributed by atoms with Crippen LogP contribution in [-0.2, 0) is 9.84 Å². The van der Waals surface area contributed by atoms with E-state index in [1.807, 2.05) is 30.5 Å². The Morgan fingerprint density at radius 2 is 2.00 bits per heavy atom. The standard InChI is InChI=1S/C13H20O3S2/c1-3-18(15,16)10-6-8-12(14)11-7-4-5-9-13(11)17-2/h4-5,7,9,12,14H,3,6,8,10H2,1-2H3. The van der Waals surface area contributed by atoms with Crippen LogP contribution < -0.4 is 0 Å². The lowest BCUT2D eigenvalue weighted by Gasteiger charge is -2.14. The molecule has 0 saturated carbocycles. The Morgan fingerprint density at radius 1 is 1.33 bits per heavy atom. The molecule has 1 aromatic carbocycles. The highest BCUT2D eigenvalue weighted by molar-refractivity contribution is 7.98. The summed E-state index contributed by atoms with van der Waals surface area (Å²) in [6.07, 6.45) is 2.37. The summed E-state index contributed by atoms with van der Waals surface area (Å²) in [5, 5.41) is 10.1. The van der Waals surface area contributed by atoms with Gasteiger partial charge in [0.15, 0.2) is 0 Å². The largest absolute Gasteiger partial charge is 0.388 e. The molecular weight excluding hydrogens is 268 g/mol. The van der Waals surface area contributed by atoms with E-state index in [0.717, 1.165) is 10.5 Å². The van der Waals surface area contributed by atoms with E-state index < -0.39 is 15.9 Å². The Morgan fingerprint density at radius 3 is 2.61 bits per heavy atom. The van der Waals surface area contributed by atoms with Crippen LogP contribution in [0.2, 0.25) is 0 Å². The van der Waals surface area contributed by atoms with Gasteiger partial charge < -0.3 is 5.11 Å². The molecule has 102 valence electrons. The molecule has 1 rings (SSSR count). The molecule has 0 aliphatic rings. The monoisotopic (exact) mass is 288 g/mol. The van der Waals surface area contributed by atoms with Crippen LogP contribution in [0.1, 0.15) is 31.4 Å². The second-order valence-corrected chi connectivity index (χ2v) is 7.46. The maximum absolute atomic E-state index is 11.4. The summed E-state index contributed by atoms with van der Waals surface area (Å²) in [6.45, 7) is 1.65. The van der Waals surface area contributed by atoms with Crippen LogP contribution >= 0.6 is 11.8 Å². The van der Waals surface area contributed by atoms with Gasteiger partial charge in [0, 0.05) is 10.6 Å². The number of hydrogen-bond acceptors (Lipinski definition) is 4. The second-order valence-electron chi connectivity index (χ2n) is 4.14. The third kappa shape index (κ3) is 4.63. The molecule has 0 aromatic heterocycles. The predicted octanol–water partition coefficient (Wildman–Crippen LogP) is 2.66. The molecule has 0 heterocycles. The molecule has 0 saturated heterocycles. The summed E-state index contributed by atoms with van der Waals surface area (Å²) in [6, 6.07) is 7.68. The molecule has 1 aromatic rings. The Labute approximate surface area is 114 Å². The molecule has 0 aliphatic carbocycles. The van der Waals surface area contributed by atoms with Gasteiger partial charge in [0.25, 0.3) is 0 Å². The van der Waals surface area contributed by atoms with E-state index in [4.69, 9.17) is 0 Å². The summed E-state index contributed by atoms with van der Waals surface area (Å²) >= 11 is 1.59. The van der Waals surface area contributed by atoms with Crippen molar-refractivity contribution in [2.45, 2.75) is 30.8 Å². The highest BCUT2D eigenvalue weighted by atomic mass is 32.2. The number of thioether (sulfide) groups is 1. The minimum absolute atomic E-state index is 0.155. The first-order valence-corrected chi connectivity index (χ1v) is 9.06. The maximum atomic E-state index is 11.4. The van der Waals surface area contributed by atoms with E-state index >= 15 is 0 Å². The maximum Gasteiger partial charge on any atom is 0.150 e. The van der Waals surface area contributed by atoms with Crippen LogP contribution in [0, 0.1) is 0 Å². The average molecular weight is 288 g/mol. The Bertz CT molecular complexity index is 469. The normalized spacial score (nSPS) is 13.5. The molecule has 0 fully saturated rings. The van der Waals surface area contributed by atoms with E-state index in [1.54, 1.807) is 18.7 Å². The molecule has 18 heavy (non-hydrogen) atoms. The van der Waals surface area contributed by atoms with Crippen molar-refractivity contribution < 1.29 is 13.5 Å². The number of rotatable bonds is 7. The quantitative estimate of drug-likeness (QED) is 0.784. The van der Waals surface area contributed by atoms with E-state index in [9.17, 15) is 13.5 Å². The lowest BCUT2D eigenvalue weighted by molar-refractivity contribution is 0.164. The molecule has 1 atom stereocenters. The minimum Gasteiger partial charge on any atom is -0.388 e. The fraction of sp³-hybridized carbons (Fsp3) is 0.538. The van der Waals surface area contributed by atoms with Gasteiger partial charge in [-0.25, -0.2) is 8.42 Å². The summed E-state index contributed by atoms with van der Waals surface area (Å²) in [7, 11) is -2.93. The van der Waals surface area contributed by atoms with Crippen molar-refractivity contribution in [3.8, 4) is 0 Å². The minimum atomic E-state index is -2.93. The van der Waals surface area contributed by atoms with Crippen molar-refractivity contribution >= 4 is 21.6 Å². The zero-order chi connectivity index (χ0) is 13.6. The Hall–Kier alpha value is -0.520. The third-order valence-electron chi connectivity index (χ3n) is 2.87. The summed E-state index contributed by atoms with van der Waals surface area (Å²) in [4.78, 5) is 1.04. The first-order chi connectivity index (χ1) is 8.50. The first-order valence-electron chi connectivity index (χ1n) is 6.01. The van der Waals surface area contributed by atoms with Crippen molar-refractivity contribution in [2.75, 3.05) is 17.8 Å². The van der Waals surface area contributed by atoms with Gasteiger partial charge in [-0.1, -0.05) is 25.1 Å². The van der Waals surface area contributed by atoms with Crippen LogP contribution in [-0.4, -0.2) is 31.3 Å². The van der Waals surface area contributed by atoms with Crippen molar-refractivity contribution in [1.29, 1.82) is 0 Å². The fourth-order valence-corrected chi connectivity index (χ4v) is 3.29. The lowest BCUT2D eigenvalue weighted by Crippen LogP contribution is -2.10. The molecule has 5 heteroatoms. The molecule has 0 aliphatic heterocycles. The molecule has 0 amide bonds. The second kappa shape index (κ2) is 7.16. The summed E-state index contributed by atoms with van der Waals surface area (Å²) < 4.78 is 22.7. The van der Waals surface area contributed by atoms with Crippen molar-refractivity contribution in [2.24, 2.45) is 0 Å². The van der Waals surface area contributed by atoms with Gasteiger partial charge in [-0.15, -0.1) is 11.8 Å². The van der Waals surface area contributed by atoms with Gasteiger partial charge in [0.05, 0.1) is 11.9 Å². The third-order valence-corrected chi connectivity index (χ3v) is 5.47. The highest BCUT2D eigenvalue weighted by Gasteiger charge is 2.13. The van der Waals surface area contributed by atoms with E-state index in [0.29, 0.717) is 12.8 Å². The molecular formula is C13H20O3S2. The smallest absolute Gasteiger partial charge is 0.150 e. The predicted molar refractivity (Wildman–Crippen MR) is 76.7 cm³/mol. The molecule has 3 nitrogen and oxygen atoms in total. The van der Waals surface area contributed by atoms with Gasteiger partial charge in [0.1, 0.15) is 9.84 Å². The Balaban J connectivity index is 2.58. The lowest BCUT2D eigenvalue weighted by atomic mass is 10.1. The van der Waals surface area contributed by atoms with Crippen LogP contribution in [0.25, 0.3) is 0 Å².